The minimum Gasteiger partial charge on any atom is -0.353 e. The number of amides is 1. The van der Waals surface area contributed by atoms with Crippen LogP contribution in [0.3, 0.4) is 0 Å². The first-order valence-electron chi connectivity index (χ1n) is 6.34. The maximum absolute atomic E-state index is 11.5. The first kappa shape index (κ1) is 14.9. The molecule has 0 aromatic heterocycles. The summed E-state index contributed by atoms with van der Waals surface area (Å²) in [5.74, 6) is -0.178. The zero-order valence-corrected chi connectivity index (χ0v) is 11.0. The minimum absolute atomic E-state index is 0.0190. The van der Waals surface area contributed by atoms with Crippen molar-refractivity contribution < 1.29 is 9.72 Å². The third-order valence-electron chi connectivity index (χ3n) is 2.59. The number of nitrogens with one attached hydrogen (secondary N) is 1. The van der Waals surface area contributed by atoms with Crippen molar-refractivity contribution in [3.05, 3.63) is 46.0 Å². The van der Waals surface area contributed by atoms with Gasteiger partial charge in [-0.2, -0.15) is 0 Å². The van der Waals surface area contributed by atoms with Gasteiger partial charge in [0.15, 0.2) is 0 Å². The lowest BCUT2D eigenvalue weighted by atomic mass is 10.2. The van der Waals surface area contributed by atoms with Gasteiger partial charge in [0.05, 0.1) is 4.92 Å². The zero-order chi connectivity index (χ0) is 14.1. The molecule has 0 spiro atoms. The number of hydrogen-bond donors (Lipinski definition) is 1. The molecule has 0 radical (unpaired) electrons. The van der Waals surface area contributed by atoms with Gasteiger partial charge in [0, 0.05) is 24.8 Å². The summed E-state index contributed by atoms with van der Waals surface area (Å²) in [5.41, 5.74) is 0.656. The molecule has 19 heavy (non-hydrogen) atoms. The molecule has 1 rings (SSSR count). The van der Waals surface area contributed by atoms with Crippen molar-refractivity contribution in [3.63, 3.8) is 0 Å². The quantitative estimate of drug-likeness (QED) is 0.355. The highest BCUT2D eigenvalue weighted by Crippen LogP contribution is 2.13. The molecule has 1 N–H and O–H groups in total. The summed E-state index contributed by atoms with van der Waals surface area (Å²) in [6.45, 7) is 2.76. The Bertz CT molecular complexity index is 470. The Morgan fingerprint density at radius 1 is 1.42 bits per heavy atom. The summed E-state index contributed by atoms with van der Waals surface area (Å²) in [6, 6.07) is 6.16. The molecule has 1 aromatic carbocycles. The van der Waals surface area contributed by atoms with E-state index in [0.717, 1.165) is 19.3 Å². The van der Waals surface area contributed by atoms with Crippen molar-refractivity contribution in [2.24, 2.45) is 0 Å². The Hall–Kier alpha value is -2.17. The van der Waals surface area contributed by atoms with Crippen molar-refractivity contribution in [2.75, 3.05) is 6.54 Å². The van der Waals surface area contributed by atoms with E-state index in [-0.39, 0.29) is 11.6 Å². The standard InChI is InChI=1S/C14H18N2O3/c1-2-3-4-10-15-14(17)9-8-12-6-5-7-13(11-12)16(18)19/h5-9,11H,2-4,10H2,1H3,(H,15,17). The molecule has 0 bridgehead atoms. The second-order valence-electron chi connectivity index (χ2n) is 4.18. The van der Waals surface area contributed by atoms with Gasteiger partial charge in [-0.25, -0.2) is 0 Å². The Morgan fingerprint density at radius 3 is 2.89 bits per heavy atom. The fourth-order valence-electron chi connectivity index (χ4n) is 1.56. The highest BCUT2D eigenvalue weighted by molar-refractivity contribution is 5.91. The number of benzene rings is 1. The van der Waals surface area contributed by atoms with Crippen LogP contribution >= 0.6 is 0 Å². The van der Waals surface area contributed by atoms with Crippen LogP contribution in [-0.2, 0) is 4.79 Å². The highest BCUT2D eigenvalue weighted by atomic mass is 16.6. The lowest BCUT2D eigenvalue weighted by Crippen LogP contribution is -2.21. The molecular formula is C14H18N2O3. The molecule has 0 atom stereocenters. The van der Waals surface area contributed by atoms with Crippen LogP contribution in [0.5, 0.6) is 0 Å². The van der Waals surface area contributed by atoms with Crippen molar-refractivity contribution in [1.29, 1.82) is 0 Å². The summed E-state index contributed by atoms with van der Waals surface area (Å²) in [5, 5.41) is 13.4. The van der Waals surface area contributed by atoms with E-state index >= 15 is 0 Å². The molecule has 0 aliphatic carbocycles. The second kappa shape index (κ2) is 8.02. The van der Waals surface area contributed by atoms with Crippen molar-refractivity contribution in [3.8, 4) is 0 Å². The van der Waals surface area contributed by atoms with Gasteiger partial charge in [-0.3, -0.25) is 14.9 Å². The Balaban J connectivity index is 2.49. The van der Waals surface area contributed by atoms with Gasteiger partial charge >= 0.3 is 0 Å². The van der Waals surface area contributed by atoms with Crippen LogP contribution in [0.1, 0.15) is 31.7 Å². The van der Waals surface area contributed by atoms with Gasteiger partial charge in [0.2, 0.25) is 5.91 Å². The average Bonchev–Trinajstić information content (AvgIpc) is 2.41. The van der Waals surface area contributed by atoms with Crippen LogP contribution in [0.2, 0.25) is 0 Å². The van der Waals surface area contributed by atoms with E-state index < -0.39 is 4.92 Å². The molecule has 1 aromatic rings. The highest BCUT2D eigenvalue weighted by Gasteiger charge is 2.03. The van der Waals surface area contributed by atoms with E-state index in [1.807, 2.05) is 0 Å². The number of nitro benzene ring substituents is 1. The van der Waals surface area contributed by atoms with Crippen molar-refractivity contribution >= 4 is 17.7 Å². The van der Waals surface area contributed by atoms with E-state index in [1.54, 1.807) is 18.2 Å². The van der Waals surface area contributed by atoms with Crippen LogP contribution < -0.4 is 5.32 Å². The molecule has 102 valence electrons. The average molecular weight is 262 g/mol. The van der Waals surface area contributed by atoms with Crippen molar-refractivity contribution in [2.45, 2.75) is 26.2 Å². The molecular weight excluding hydrogens is 244 g/mol. The van der Waals surface area contributed by atoms with Gasteiger partial charge < -0.3 is 5.32 Å². The minimum atomic E-state index is -0.456. The molecule has 0 unspecified atom stereocenters. The van der Waals surface area contributed by atoms with E-state index in [1.165, 1.54) is 18.2 Å². The van der Waals surface area contributed by atoms with Crippen LogP contribution in [0.4, 0.5) is 5.69 Å². The summed E-state index contributed by atoms with van der Waals surface area (Å²) < 4.78 is 0. The smallest absolute Gasteiger partial charge is 0.270 e. The molecule has 0 fully saturated rings. The van der Waals surface area contributed by atoms with Gasteiger partial charge in [-0.15, -0.1) is 0 Å². The lowest BCUT2D eigenvalue weighted by molar-refractivity contribution is -0.384. The number of carbonyl (C=O) groups is 1. The summed E-state index contributed by atoms with van der Waals surface area (Å²) >= 11 is 0. The van der Waals surface area contributed by atoms with E-state index in [0.29, 0.717) is 12.1 Å². The number of non-ortho nitro benzene ring substituents is 1. The largest absolute Gasteiger partial charge is 0.353 e. The SMILES string of the molecule is CCCCCNC(=O)C=Cc1cccc([N+](=O)[O-])c1. The molecule has 5 heteroatoms. The number of rotatable bonds is 7. The third kappa shape index (κ3) is 5.81. The van der Waals surface area contributed by atoms with E-state index in [4.69, 9.17) is 0 Å². The molecule has 1 amide bonds. The summed E-state index contributed by atoms with van der Waals surface area (Å²) in [6.07, 6.45) is 6.13. The second-order valence-corrected chi connectivity index (χ2v) is 4.18. The molecule has 5 nitrogen and oxygen atoms in total. The monoisotopic (exact) mass is 262 g/mol. The van der Waals surface area contributed by atoms with E-state index in [2.05, 4.69) is 12.2 Å². The third-order valence-corrected chi connectivity index (χ3v) is 2.59. The fourth-order valence-corrected chi connectivity index (χ4v) is 1.56. The number of nitrogens with zero attached hydrogens (tertiary/aromatic N) is 1. The maximum Gasteiger partial charge on any atom is 0.270 e. The number of unbranched alkanes of at least 4 members (excludes halogenated alkanes) is 2. The van der Waals surface area contributed by atoms with Crippen LogP contribution in [-0.4, -0.2) is 17.4 Å². The van der Waals surface area contributed by atoms with Gasteiger partial charge in [0.1, 0.15) is 0 Å². The topological polar surface area (TPSA) is 72.2 Å². The number of hydrogen-bond acceptors (Lipinski definition) is 3. The maximum atomic E-state index is 11.5. The van der Waals surface area contributed by atoms with Gasteiger partial charge in [-0.05, 0) is 18.1 Å². The van der Waals surface area contributed by atoms with Gasteiger partial charge in [-0.1, -0.05) is 31.9 Å². The predicted octanol–water partition coefficient (Wildman–Crippen LogP) is 2.91. The van der Waals surface area contributed by atoms with Gasteiger partial charge in [0.25, 0.3) is 5.69 Å². The Morgan fingerprint density at radius 2 is 2.21 bits per heavy atom. The Kier molecular flexibility index (Phi) is 6.29. The fraction of sp³-hybridized carbons (Fsp3) is 0.357. The first-order chi connectivity index (χ1) is 9.13. The predicted molar refractivity (Wildman–Crippen MR) is 74.7 cm³/mol. The molecule has 0 saturated heterocycles. The van der Waals surface area contributed by atoms with E-state index in [9.17, 15) is 14.9 Å². The zero-order valence-electron chi connectivity index (χ0n) is 11.0. The summed E-state index contributed by atoms with van der Waals surface area (Å²) in [7, 11) is 0. The lowest BCUT2D eigenvalue weighted by Gasteiger charge is -2.00. The number of nitro groups is 1. The van der Waals surface area contributed by atoms with Crippen LogP contribution in [0.25, 0.3) is 6.08 Å². The first-order valence-corrected chi connectivity index (χ1v) is 6.34. The Labute approximate surface area is 112 Å². The molecule has 0 aliphatic heterocycles. The van der Waals surface area contributed by atoms with Crippen molar-refractivity contribution in [1.82, 2.24) is 5.32 Å². The number of carbonyl (C=O) groups excluding carboxylic acids is 1. The molecule has 0 aliphatic rings. The molecule has 0 heterocycles. The summed E-state index contributed by atoms with van der Waals surface area (Å²) in [4.78, 5) is 21.6. The van der Waals surface area contributed by atoms with Crippen LogP contribution in [0, 0.1) is 10.1 Å². The molecule has 0 saturated carbocycles. The normalized spacial score (nSPS) is 10.6. The van der Waals surface area contributed by atoms with Crippen LogP contribution in [0.15, 0.2) is 30.3 Å².